The van der Waals surface area contributed by atoms with Gasteiger partial charge >= 0.3 is 6.03 Å². The minimum Gasteiger partial charge on any atom is -0.326 e. The van der Waals surface area contributed by atoms with E-state index in [1.165, 1.54) is 32.1 Å². The molecule has 2 fully saturated rings. The number of fused-ring (bicyclic) bond motifs is 1. The highest BCUT2D eigenvalue weighted by molar-refractivity contribution is 5.89. The van der Waals surface area contributed by atoms with E-state index in [0.29, 0.717) is 12.5 Å². The number of likely N-dealkylation sites (tertiary alicyclic amines) is 1. The molecule has 0 aromatic heterocycles. The molecule has 2 atom stereocenters. The lowest BCUT2D eigenvalue weighted by Crippen LogP contribution is -2.46. The van der Waals surface area contributed by atoms with E-state index in [1.807, 2.05) is 29.2 Å². The van der Waals surface area contributed by atoms with Gasteiger partial charge in [-0.25, -0.2) is 4.79 Å². The Morgan fingerprint density at radius 2 is 2.05 bits per heavy atom. The predicted octanol–water partition coefficient (Wildman–Crippen LogP) is 3.19. The van der Waals surface area contributed by atoms with Gasteiger partial charge in [0.1, 0.15) is 0 Å². The molecule has 2 unspecified atom stereocenters. The van der Waals surface area contributed by atoms with E-state index in [-0.39, 0.29) is 6.03 Å². The van der Waals surface area contributed by atoms with Crippen LogP contribution in [0.25, 0.3) is 0 Å². The number of benzene rings is 1. The number of carbonyl (C=O) groups excluding carboxylic acids is 1. The third-order valence-electron chi connectivity index (χ3n) is 4.99. The Bertz CT molecular complexity index is 503. The third kappa shape index (κ3) is 3.38. The molecule has 1 saturated carbocycles. The van der Waals surface area contributed by atoms with E-state index in [9.17, 15) is 4.79 Å². The predicted molar refractivity (Wildman–Crippen MR) is 85.0 cm³/mol. The van der Waals surface area contributed by atoms with Crippen LogP contribution in [0.2, 0.25) is 0 Å². The zero-order valence-electron chi connectivity index (χ0n) is 12.6. The quantitative estimate of drug-likeness (QED) is 0.877. The third-order valence-corrected chi connectivity index (χ3v) is 4.99. The van der Waals surface area contributed by atoms with Crippen LogP contribution >= 0.6 is 0 Å². The molecule has 2 aliphatic rings. The van der Waals surface area contributed by atoms with Crippen LogP contribution in [0.5, 0.6) is 0 Å². The maximum Gasteiger partial charge on any atom is 0.321 e. The summed E-state index contributed by atoms with van der Waals surface area (Å²) >= 11 is 0. The summed E-state index contributed by atoms with van der Waals surface area (Å²) in [4.78, 5) is 14.4. The average molecular weight is 287 g/mol. The van der Waals surface area contributed by atoms with Gasteiger partial charge in [0.25, 0.3) is 0 Å². The molecule has 1 heterocycles. The number of urea groups is 1. The molecule has 4 heteroatoms. The van der Waals surface area contributed by atoms with Gasteiger partial charge in [-0.2, -0.15) is 0 Å². The fourth-order valence-electron chi connectivity index (χ4n) is 3.76. The second kappa shape index (κ2) is 6.48. The van der Waals surface area contributed by atoms with Crippen LogP contribution in [0.15, 0.2) is 24.3 Å². The standard InChI is InChI=1S/C17H25N3O/c18-11-13-4-3-7-16(10-13)19-17(21)20-9-8-14-5-1-2-6-15(14)12-20/h3-4,7,10,14-15H,1-2,5-6,8-9,11-12,18H2,(H,19,21). The van der Waals surface area contributed by atoms with Crippen molar-refractivity contribution in [2.24, 2.45) is 17.6 Å². The van der Waals surface area contributed by atoms with Gasteiger partial charge in [-0.3, -0.25) is 0 Å². The number of nitrogens with zero attached hydrogens (tertiary/aromatic N) is 1. The van der Waals surface area contributed by atoms with Crippen LogP contribution in [0, 0.1) is 11.8 Å². The summed E-state index contributed by atoms with van der Waals surface area (Å²) in [6.07, 6.45) is 6.52. The molecule has 1 aliphatic heterocycles. The van der Waals surface area contributed by atoms with Crippen LogP contribution in [-0.2, 0) is 6.54 Å². The number of carbonyl (C=O) groups is 1. The minimum absolute atomic E-state index is 0.0354. The molecular weight excluding hydrogens is 262 g/mol. The van der Waals surface area contributed by atoms with Crippen molar-refractivity contribution in [3.63, 3.8) is 0 Å². The fraction of sp³-hybridized carbons (Fsp3) is 0.588. The monoisotopic (exact) mass is 287 g/mol. The van der Waals surface area contributed by atoms with Gasteiger partial charge in [-0.05, 0) is 42.4 Å². The second-order valence-electron chi connectivity index (χ2n) is 6.37. The van der Waals surface area contributed by atoms with Crippen molar-refractivity contribution in [1.29, 1.82) is 0 Å². The molecule has 0 spiro atoms. The number of rotatable bonds is 2. The molecule has 0 radical (unpaired) electrons. The molecule has 0 bridgehead atoms. The highest BCUT2D eigenvalue weighted by Gasteiger charge is 2.32. The minimum atomic E-state index is 0.0354. The first-order chi connectivity index (χ1) is 10.3. The molecule has 114 valence electrons. The molecule has 3 N–H and O–H groups in total. The van der Waals surface area contributed by atoms with Crippen molar-refractivity contribution in [2.45, 2.75) is 38.6 Å². The number of anilines is 1. The summed E-state index contributed by atoms with van der Waals surface area (Å²) in [6.45, 7) is 2.31. The van der Waals surface area contributed by atoms with Gasteiger partial charge in [0.05, 0.1) is 0 Å². The van der Waals surface area contributed by atoms with Crippen molar-refractivity contribution in [3.8, 4) is 0 Å². The zero-order chi connectivity index (χ0) is 14.7. The Labute approximate surface area is 126 Å². The summed E-state index contributed by atoms with van der Waals surface area (Å²) in [5.41, 5.74) is 7.52. The van der Waals surface area contributed by atoms with E-state index >= 15 is 0 Å². The molecule has 2 amide bonds. The van der Waals surface area contributed by atoms with Gasteiger partial charge < -0.3 is 16.0 Å². The molecule has 4 nitrogen and oxygen atoms in total. The van der Waals surface area contributed by atoms with Gasteiger partial charge in [0.2, 0.25) is 0 Å². The maximum atomic E-state index is 12.4. The number of nitrogens with one attached hydrogen (secondary N) is 1. The molecule has 1 aromatic rings. The molecule has 1 saturated heterocycles. The number of piperidine rings is 1. The van der Waals surface area contributed by atoms with Crippen LogP contribution in [-0.4, -0.2) is 24.0 Å². The maximum absolute atomic E-state index is 12.4. The van der Waals surface area contributed by atoms with Crippen LogP contribution in [0.1, 0.15) is 37.7 Å². The Balaban J connectivity index is 1.60. The van der Waals surface area contributed by atoms with Crippen LogP contribution in [0.3, 0.4) is 0 Å². The van der Waals surface area contributed by atoms with E-state index < -0.39 is 0 Å². The second-order valence-corrected chi connectivity index (χ2v) is 6.37. The summed E-state index contributed by atoms with van der Waals surface area (Å²) in [5, 5.41) is 3.01. The first kappa shape index (κ1) is 14.4. The van der Waals surface area contributed by atoms with Crippen molar-refractivity contribution in [3.05, 3.63) is 29.8 Å². The lowest BCUT2D eigenvalue weighted by Gasteiger charge is -2.41. The van der Waals surface area contributed by atoms with E-state index in [1.54, 1.807) is 0 Å². The Hall–Kier alpha value is -1.55. The highest BCUT2D eigenvalue weighted by Crippen LogP contribution is 2.36. The number of nitrogens with two attached hydrogens (primary N) is 1. The van der Waals surface area contributed by atoms with Crippen LogP contribution in [0.4, 0.5) is 10.5 Å². The molecular formula is C17H25N3O. The molecule has 21 heavy (non-hydrogen) atoms. The summed E-state index contributed by atoms with van der Waals surface area (Å²) in [5.74, 6) is 1.57. The molecule has 1 aromatic carbocycles. The Morgan fingerprint density at radius 1 is 1.24 bits per heavy atom. The summed E-state index contributed by atoms with van der Waals surface area (Å²) in [6, 6.07) is 7.82. The van der Waals surface area contributed by atoms with Gasteiger partial charge in [-0.15, -0.1) is 0 Å². The lowest BCUT2D eigenvalue weighted by molar-refractivity contribution is 0.108. The van der Waals surface area contributed by atoms with Crippen molar-refractivity contribution in [2.75, 3.05) is 18.4 Å². The van der Waals surface area contributed by atoms with E-state index in [2.05, 4.69) is 5.32 Å². The Kier molecular flexibility index (Phi) is 4.44. The van der Waals surface area contributed by atoms with Crippen molar-refractivity contribution < 1.29 is 4.79 Å². The Morgan fingerprint density at radius 3 is 2.86 bits per heavy atom. The average Bonchev–Trinajstić information content (AvgIpc) is 2.54. The lowest BCUT2D eigenvalue weighted by atomic mass is 9.75. The van der Waals surface area contributed by atoms with Gasteiger partial charge in [0.15, 0.2) is 0 Å². The normalized spacial score (nSPS) is 25.3. The van der Waals surface area contributed by atoms with Crippen molar-refractivity contribution >= 4 is 11.7 Å². The largest absolute Gasteiger partial charge is 0.326 e. The smallest absolute Gasteiger partial charge is 0.321 e. The fourth-order valence-corrected chi connectivity index (χ4v) is 3.76. The molecule has 3 rings (SSSR count). The first-order valence-electron chi connectivity index (χ1n) is 8.11. The van der Waals surface area contributed by atoms with Gasteiger partial charge in [-0.1, -0.05) is 31.4 Å². The van der Waals surface area contributed by atoms with Gasteiger partial charge in [0, 0.05) is 25.3 Å². The van der Waals surface area contributed by atoms with E-state index in [0.717, 1.165) is 30.3 Å². The number of hydrogen-bond donors (Lipinski definition) is 2. The number of amides is 2. The van der Waals surface area contributed by atoms with E-state index in [4.69, 9.17) is 5.73 Å². The summed E-state index contributed by atoms with van der Waals surface area (Å²) in [7, 11) is 0. The van der Waals surface area contributed by atoms with Crippen molar-refractivity contribution in [1.82, 2.24) is 4.90 Å². The number of hydrogen-bond acceptors (Lipinski definition) is 2. The topological polar surface area (TPSA) is 58.4 Å². The first-order valence-corrected chi connectivity index (χ1v) is 8.11. The SMILES string of the molecule is NCc1cccc(NC(=O)N2CCC3CCCCC3C2)c1. The highest BCUT2D eigenvalue weighted by atomic mass is 16.2. The van der Waals surface area contributed by atoms with Crippen LogP contribution < -0.4 is 11.1 Å². The zero-order valence-corrected chi connectivity index (χ0v) is 12.6. The summed E-state index contributed by atoms with van der Waals surface area (Å²) < 4.78 is 0. The molecule has 1 aliphatic carbocycles.